The van der Waals surface area contributed by atoms with Crippen molar-refractivity contribution in [3.8, 4) is 11.8 Å². The molecule has 1 atom stereocenters. The Balaban J connectivity index is 1.87. The number of piperidine rings is 1. The van der Waals surface area contributed by atoms with Crippen LogP contribution in [0.2, 0.25) is 0 Å². The van der Waals surface area contributed by atoms with Gasteiger partial charge in [0.25, 0.3) is 5.56 Å². The second kappa shape index (κ2) is 9.68. The topological polar surface area (TPSA) is 67.2 Å². The quantitative estimate of drug-likeness (QED) is 0.609. The summed E-state index contributed by atoms with van der Waals surface area (Å²) in [4.78, 5) is 18.0. The maximum absolute atomic E-state index is 13.3. The predicted molar refractivity (Wildman–Crippen MR) is 109 cm³/mol. The van der Waals surface area contributed by atoms with E-state index in [2.05, 4.69) is 17.2 Å². The van der Waals surface area contributed by atoms with E-state index in [0.717, 1.165) is 74.9 Å². The van der Waals surface area contributed by atoms with Gasteiger partial charge in [-0.15, -0.1) is 0 Å². The molecule has 0 bridgehead atoms. The van der Waals surface area contributed by atoms with E-state index in [1.165, 1.54) is 0 Å². The smallest absolute Gasteiger partial charge is 0.262 e. The van der Waals surface area contributed by atoms with Gasteiger partial charge in [0.1, 0.15) is 5.82 Å². The summed E-state index contributed by atoms with van der Waals surface area (Å²) in [5.41, 5.74) is 1.53. The number of aliphatic hydroxyl groups is 1. The number of nitrogens with one attached hydrogen (secondary N) is 1. The predicted octanol–water partition coefficient (Wildman–Crippen LogP) is 2.92. The summed E-state index contributed by atoms with van der Waals surface area (Å²) in [7, 11) is 0. The van der Waals surface area contributed by atoms with Crippen molar-refractivity contribution in [3.63, 3.8) is 0 Å². The van der Waals surface area contributed by atoms with Crippen LogP contribution >= 0.6 is 0 Å². The van der Waals surface area contributed by atoms with Crippen molar-refractivity contribution in [1.82, 2.24) is 14.9 Å². The Bertz CT molecular complexity index is 886. The standard InChI is InChI=1S/C22H29N3O2/c1-17-24-20-13-8-11-18(10-6-4-2-3-5-7-15-26)21(20)22(27)25(17)19-12-9-14-23-16-19/h8,11,13,19,23,26H,2-5,7,9,12,14-16H2,1H3. The van der Waals surface area contributed by atoms with Gasteiger partial charge in [0.15, 0.2) is 0 Å². The summed E-state index contributed by atoms with van der Waals surface area (Å²) in [6.07, 6.45) is 6.88. The van der Waals surface area contributed by atoms with Crippen LogP contribution in [-0.2, 0) is 0 Å². The largest absolute Gasteiger partial charge is 0.396 e. The Morgan fingerprint density at radius 2 is 2.15 bits per heavy atom. The Hall–Kier alpha value is -2.16. The number of nitrogens with zero attached hydrogens (tertiary/aromatic N) is 2. The molecule has 0 saturated carbocycles. The van der Waals surface area contributed by atoms with Gasteiger partial charge in [-0.05, 0) is 51.3 Å². The molecule has 0 amide bonds. The van der Waals surface area contributed by atoms with Crippen LogP contribution in [-0.4, -0.2) is 34.4 Å². The minimum Gasteiger partial charge on any atom is -0.396 e. The van der Waals surface area contributed by atoms with Gasteiger partial charge in [0, 0.05) is 25.1 Å². The van der Waals surface area contributed by atoms with Gasteiger partial charge >= 0.3 is 0 Å². The molecule has 5 nitrogen and oxygen atoms in total. The van der Waals surface area contributed by atoms with E-state index in [4.69, 9.17) is 10.1 Å². The highest BCUT2D eigenvalue weighted by Crippen LogP contribution is 2.19. The maximum atomic E-state index is 13.3. The van der Waals surface area contributed by atoms with Crippen LogP contribution in [0.15, 0.2) is 23.0 Å². The summed E-state index contributed by atoms with van der Waals surface area (Å²) in [6.45, 7) is 4.01. The molecule has 2 heterocycles. The molecule has 1 aliphatic rings. The number of rotatable bonds is 6. The number of hydrogen-bond acceptors (Lipinski definition) is 4. The molecule has 0 aliphatic carbocycles. The van der Waals surface area contributed by atoms with Crippen molar-refractivity contribution >= 4 is 10.9 Å². The van der Waals surface area contributed by atoms with Gasteiger partial charge in [-0.25, -0.2) is 4.98 Å². The molecule has 1 fully saturated rings. The fourth-order valence-corrected chi connectivity index (χ4v) is 3.78. The summed E-state index contributed by atoms with van der Waals surface area (Å²) < 4.78 is 1.86. The molecule has 144 valence electrons. The number of benzene rings is 1. The third kappa shape index (κ3) is 4.77. The van der Waals surface area contributed by atoms with E-state index in [1.807, 2.05) is 29.7 Å². The molecular formula is C22H29N3O2. The van der Waals surface area contributed by atoms with Crippen molar-refractivity contribution < 1.29 is 5.11 Å². The van der Waals surface area contributed by atoms with Crippen molar-refractivity contribution in [1.29, 1.82) is 0 Å². The highest BCUT2D eigenvalue weighted by molar-refractivity contribution is 5.84. The molecule has 3 rings (SSSR count). The number of aryl methyl sites for hydroxylation is 1. The van der Waals surface area contributed by atoms with Crippen LogP contribution in [0, 0.1) is 18.8 Å². The lowest BCUT2D eigenvalue weighted by molar-refractivity contribution is 0.282. The van der Waals surface area contributed by atoms with Crippen molar-refractivity contribution in [2.24, 2.45) is 0 Å². The summed E-state index contributed by atoms with van der Waals surface area (Å²) in [5.74, 6) is 7.18. The minimum atomic E-state index is 0.0269. The zero-order chi connectivity index (χ0) is 19.1. The summed E-state index contributed by atoms with van der Waals surface area (Å²) in [5, 5.41) is 12.8. The Morgan fingerprint density at radius 1 is 1.30 bits per heavy atom. The Morgan fingerprint density at radius 3 is 2.93 bits per heavy atom. The second-order valence-corrected chi connectivity index (χ2v) is 7.22. The molecule has 1 aromatic carbocycles. The maximum Gasteiger partial charge on any atom is 0.262 e. The van der Waals surface area contributed by atoms with Gasteiger partial charge in [-0.2, -0.15) is 0 Å². The van der Waals surface area contributed by atoms with Crippen LogP contribution < -0.4 is 10.9 Å². The van der Waals surface area contributed by atoms with Gasteiger partial charge in [-0.3, -0.25) is 9.36 Å². The number of unbranched alkanes of at least 4 members (excludes halogenated alkanes) is 4. The van der Waals surface area contributed by atoms with Crippen LogP contribution in [0.1, 0.15) is 62.4 Å². The van der Waals surface area contributed by atoms with E-state index in [9.17, 15) is 4.79 Å². The number of hydrogen-bond donors (Lipinski definition) is 2. The third-order valence-electron chi connectivity index (χ3n) is 5.17. The average Bonchev–Trinajstić information content (AvgIpc) is 2.68. The monoisotopic (exact) mass is 367 g/mol. The van der Waals surface area contributed by atoms with Crippen LogP contribution in [0.3, 0.4) is 0 Å². The van der Waals surface area contributed by atoms with E-state index < -0.39 is 0 Å². The number of fused-ring (bicyclic) bond motifs is 1. The first-order valence-electron chi connectivity index (χ1n) is 10.0. The Labute approximate surface area is 160 Å². The normalized spacial score (nSPS) is 16.9. The molecule has 1 aliphatic heterocycles. The number of aromatic nitrogens is 2. The van der Waals surface area contributed by atoms with E-state index >= 15 is 0 Å². The zero-order valence-corrected chi connectivity index (χ0v) is 16.1. The van der Waals surface area contributed by atoms with Crippen LogP contribution in [0.5, 0.6) is 0 Å². The van der Waals surface area contributed by atoms with Gasteiger partial charge in [0.05, 0.1) is 16.9 Å². The van der Waals surface area contributed by atoms with E-state index in [-0.39, 0.29) is 18.2 Å². The lowest BCUT2D eigenvalue weighted by Crippen LogP contribution is -2.38. The van der Waals surface area contributed by atoms with Gasteiger partial charge < -0.3 is 10.4 Å². The number of aliphatic hydroxyl groups excluding tert-OH is 1. The van der Waals surface area contributed by atoms with E-state index in [0.29, 0.717) is 5.39 Å². The van der Waals surface area contributed by atoms with E-state index in [1.54, 1.807) is 0 Å². The molecular weight excluding hydrogens is 338 g/mol. The lowest BCUT2D eigenvalue weighted by atomic mass is 10.1. The van der Waals surface area contributed by atoms with Gasteiger partial charge in [-0.1, -0.05) is 30.7 Å². The highest BCUT2D eigenvalue weighted by Gasteiger charge is 2.20. The van der Waals surface area contributed by atoms with Crippen molar-refractivity contribution in [3.05, 3.63) is 39.9 Å². The summed E-state index contributed by atoms with van der Waals surface area (Å²) >= 11 is 0. The zero-order valence-electron chi connectivity index (χ0n) is 16.1. The molecule has 1 saturated heterocycles. The minimum absolute atomic E-state index is 0.0269. The van der Waals surface area contributed by atoms with Crippen molar-refractivity contribution in [2.45, 2.75) is 57.9 Å². The van der Waals surface area contributed by atoms with Crippen LogP contribution in [0.4, 0.5) is 0 Å². The molecule has 1 unspecified atom stereocenters. The molecule has 2 N–H and O–H groups in total. The fraction of sp³-hybridized carbons (Fsp3) is 0.545. The van der Waals surface area contributed by atoms with Gasteiger partial charge in [0.2, 0.25) is 0 Å². The molecule has 0 spiro atoms. The first-order valence-corrected chi connectivity index (χ1v) is 10.0. The fourth-order valence-electron chi connectivity index (χ4n) is 3.78. The average molecular weight is 367 g/mol. The first-order chi connectivity index (χ1) is 13.2. The third-order valence-corrected chi connectivity index (χ3v) is 5.17. The molecule has 27 heavy (non-hydrogen) atoms. The molecule has 1 aromatic heterocycles. The molecule has 5 heteroatoms. The molecule has 0 radical (unpaired) electrons. The van der Waals surface area contributed by atoms with Crippen molar-refractivity contribution in [2.75, 3.05) is 19.7 Å². The lowest BCUT2D eigenvalue weighted by Gasteiger charge is -2.26. The summed E-state index contributed by atoms with van der Waals surface area (Å²) in [6, 6.07) is 5.90. The molecule has 2 aromatic rings. The Kier molecular flexibility index (Phi) is 7.03. The highest BCUT2D eigenvalue weighted by atomic mass is 16.2. The second-order valence-electron chi connectivity index (χ2n) is 7.22. The van der Waals surface area contributed by atoms with Crippen LogP contribution in [0.25, 0.3) is 10.9 Å². The first kappa shape index (κ1) is 19.6. The SMILES string of the molecule is Cc1nc2cccc(C#CCCCCCCO)c2c(=O)n1C1CCCNC1.